The molecule has 0 spiro atoms. The second kappa shape index (κ2) is 4.25. The SMILES string of the molecule is CNc1nc(C2Cc3ccccc32)ncc1I. The second-order valence-electron chi connectivity index (χ2n) is 4.13. The molecule has 86 valence electrons. The highest BCUT2D eigenvalue weighted by Crippen LogP contribution is 2.38. The minimum absolute atomic E-state index is 0.371. The molecule has 1 aliphatic carbocycles. The maximum Gasteiger partial charge on any atom is 0.142 e. The van der Waals surface area contributed by atoms with Crippen molar-refractivity contribution < 1.29 is 0 Å². The van der Waals surface area contributed by atoms with Crippen molar-refractivity contribution >= 4 is 28.4 Å². The zero-order valence-corrected chi connectivity index (χ0v) is 11.6. The molecule has 0 saturated heterocycles. The molecule has 4 heteroatoms. The van der Waals surface area contributed by atoms with E-state index in [2.05, 4.69) is 62.1 Å². The van der Waals surface area contributed by atoms with Gasteiger partial charge in [-0.15, -0.1) is 0 Å². The summed E-state index contributed by atoms with van der Waals surface area (Å²) in [6, 6.07) is 8.51. The van der Waals surface area contributed by atoms with Gasteiger partial charge in [-0.2, -0.15) is 0 Å². The normalized spacial score (nSPS) is 17.2. The van der Waals surface area contributed by atoms with E-state index in [9.17, 15) is 0 Å². The molecule has 1 atom stereocenters. The summed E-state index contributed by atoms with van der Waals surface area (Å²) in [5, 5.41) is 3.10. The summed E-state index contributed by atoms with van der Waals surface area (Å²) in [7, 11) is 1.89. The molecule has 0 aliphatic heterocycles. The van der Waals surface area contributed by atoms with Crippen LogP contribution in [-0.2, 0) is 6.42 Å². The monoisotopic (exact) mass is 337 g/mol. The molecule has 1 aromatic carbocycles. The van der Waals surface area contributed by atoms with E-state index in [0.29, 0.717) is 5.92 Å². The van der Waals surface area contributed by atoms with Crippen LogP contribution in [0.1, 0.15) is 22.9 Å². The summed E-state index contributed by atoms with van der Waals surface area (Å²) in [5.41, 5.74) is 2.79. The molecule has 0 fully saturated rings. The zero-order chi connectivity index (χ0) is 11.8. The quantitative estimate of drug-likeness (QED) is 0.857. The highest BCUT2D eigenvalue weighted by atomic mass is 127. The Balaban J connectivity index is 1.98. The van der Waals surface area contributed by atoms with E-state index < -0.39 is 0 Å². The van der Waals surface area contributed by atoms with Crippen LogP contribution >= 0.6 is 22.6 Å². The van der Waals surface area contributed by atoms with Gasteiger partial charge in [0.1, 0.15) is 11.6 Å². The third kappa shape index (κ3) is 1.80. The first-order valence-electron chi connectivity index (χ1n) is 5.57. The van der Waals surface area contributed by atoms with Crippen molar-refractivity contribution in [2.24, 2.45) is 0 Å². The lowest BCUT2D eigenvalue weighted by atomic mass is 9.77. The summed E-state index contributed by atoms with van der Waals surface area (Å²) in [6.07, 6.45) is 2.94. The number of hydrogen-bond acceptors (Lipinski definition) is 3. The topological polar surface area (TPSA) is 37.8 Å². The largest absolute Gasteiger partial charge is 0.372 e. The number of nitrogens with zero attached hydrogens (tertiary/aromatic N) is 2. The number of halogens is 1. The maximum absolute atomic E-state index is 4.58. The van der Waals surface area contributed by atoms with E-state index >= 15 is 0 Å². The van der Waals surface area contributed by atoms with E-state index in [0.717, 1.165) is 21.6 Å². The predicted octanol–water partition coefficient (Wildman–Crippen LogP) is 2.81. The fraction of sp³-hybridized carbons (Fsp3) is 0.231. The standard InChI is InChI=1S/C13H12IN3/c1-15-13-11(14)7-16-12(17-13)10-6-8-4-2-3-5-9(8)10/h2-5,7,10H,6H2,1H3,(H,15,16,17). The van der Waals surface area contributed by atoms with E-state index in [1.54, 1.807) is 0 Å². The molecule has 1 unspecified atom stereocenters. The molecule has 0 bridgehead atoms. The lowest BCUT2D eigenvalue weighted by Crippen LogP contribution is -2.20. The van der Waals surface area contributed by atoms with Crippen molar-refractivity contribution in [2.45, 2.75) is 12.3 Å². The predicted molar refractivity (Wildman–Crippen MR) is 76.3 cm³/mol. The summed E-state index contributed by atoms with van der Waals surface area (Å²) >= 11 is 2.24. The lowest BCUT2D eigenvalue weighted by molar-refractivity contribution is 0.660. The fourth-order valence-electron chi connectivity index (χ4n) is 2.21. The van der Waals surface area contributed by atoms with Crippen LogP contribution in [0.2, 0.25) is 0 Å². The van der Waals surface area contributed by atoms with E-state index in [4.69, 9.17) is 0 Å². The third-order valence-electron chi connectivity index (χ3n) is 3.17. The van der Waals surface area contributed by atoms with E-state index in [1.165, 1.54) is 11.1 Å². The molecule has 0 saturated carbocycles. The van der Waals surface area contributed by atoms with E-state index in [1.807, 2.05) is 13.2 Å². The Labute approximate surface area is 114 Å². The Morgan fingerprint density at radius 2 is 2.18 bits per heavy atom. The first-order chi connectivity index (χ1) is 8.29. The molecular formula is C13H12IN3. The highest BCUT2D eigenvalue weighted by Gasteiger charge is 2.29. The lowest BCUT2D eigenvalue weighted by Gasteiger charge is -2.28. The van der Waals surface area contributed by atoms with Crippen molar-refractivity contribution in [1.82, 2.24) is 9.97 Å². The van der Waals surface area contributed by atoms with Gasteiger partial charge in [0.05, 0.1) is 3.57 Å². The number of rotatable bonds is 2. The highest BCUT2D eigenvalue weighted by molar-refractivity contribution is 14.1. The van der Waals surface area contributed by atoms with Gasteiger partial charge < -0.3 is 5.32 Å². The van der Waals surface area contributed by atoms with Gasteiger partial charge in [-0.1, -0.05) is 24.3 Å². The van der Waals surface area contributed by atoms with Crippen molar-refractivity contribution in [3.8, 4) is 0 Å². The molecule has 1 aromatic heterocycles. The first kappa shape index (κ1) is 11.0. The number of benzene rings is 1. The number of fused-ring (bicyclic) bond motifs is 1. The van der Waals surface area contributed by atoms with Gasteiger partial charge >= 0.3 is 0 Å². The maximum atomic E-state index is 4.58. The average molecular weight is 337 g/mol. The fourth-order valence-corrected chi connectivity index (χ4v) is 2.74. The summed E-state index contributed by atoms with van der Waals surface area (Å²) in [6.45, 7) is 0. The van der Waals surface area contributed by atoms with Gasteiger partial charge in [-0.25, -0.2) is 9.97 Å². The number of anilines is 1. The second-order valence-corrected chi connectivity index (χ2v) is 5.29. The molecule has 1 aliphatic rings. The third-order valence-corrected chi connectivity index (χ3v) is 3.96. The number of nitrogens with one attached hydrogen (secondary N) is 1. The van der Waals surface area contributed by atoms with Crippen LogP contribution in [0.4, 0.5) is 5.82 Å². The Hall–Kier alpha value is -1.17. The van der Waals surface area contributed by atoms with Gasteiger partial charge in [-0.3, -0.25) is 0 Å². The molecule has 0 amide bonds. The number of hydrogen-bond donors (Lipinski definition) is 1. The average Bonchev–Trinajstić information content (AvgIpc) is 2.33. The van der Waals surface area contributed by atoms with Crippen molar-refractivity contribution in [2.75, 3.05) is 12.4 Å². The van der Waals surface area contributed by atoms with Crippen LogP contribution in [0.25, 0.3) is 0 Å². The van der Waals surface area contributed by atoms with Crippen LogP contribution in [0.15, 0.2) is 30.5 Å². The van der Waals surface area contributed by atoms with Crippen LogP contribution in [-0.4, -0.2) is 17.0 Å². The summed E-state index contributed by atoms with van der Waals surface area (Å²) in [5.74, 6) is 2.21. The molecule has 17 heavy (non-hydrogen) atoms. The van der Waals surface area contributed by atoms with E-state index in [-0.39, 0.29) is 0 Å². The summed E-state index contributed by atoms with van der Waals surface area (Å²) < 4.78 is 1.06. The molecular weight excluding hydrogens is 325 g/mol. The smallest absolute Gasteiger partial charge is 0.142 e. The van der Waals surface area contributed by atoms with Gasteiger partial charge in [0, 0.05) is 19.2 Å². The Kier molecular flexibility index (Phi) is 2.74. The van der Waals surface area contributed by atoms with Gasteiger partial charge in [0.15, 0.2) is 0 Å². The first-order valence-corrected chi connectivity index (χ1v) is 6.65. The van der Waals surface area contributed by atoms with Gasteiger partial charge in [0.2, 0.25) is 0 Å². The van der Waals surface area contributed by atoms with Crippen LogP contribution in [0, 0.1) is 3.57 Å². The van der Waals surface area contributed by atoms with Crippen LogP contribution < -0.4 is 5.32 Å². The zero-order valence-electron chi connectivity index (χ0n) is 9.44. The molecule has 2 aromatic rings. The molecule has 3 nitrogen and oxygen atoms in total. The molecule has 3 rings (SSSR count). The van der Waals surface area contributed by atoms with Crippen LogP contribution in [0.5, 0.6) is 0 Å². The Morgan fingerprint density at radius 1 is 1.35 bits per heavy atom. The van der Waals surface area contributed by atoms with Gasteiger partial charge in [0.25, 0.3) is 0 Å². The number of aromatic nitrogens is 2. The molecule has 0 radical (unpaired) electrons. The summed E-state index contributed by atoms with van der Waals surface area (Å²) in [4.78, 5) is 9.03. The minimum Gasteiger partial charge on any atom is -0.372 e. The van der Waals surface area contributed by atoms with Crippen LogP contribution in [0.3, 0.4) is 0 Å². The Morgan fingerprint density at radius 3 is 2.94 bits per heavy atom. The van der Waals surface area contributed by atoms with Crippen molar-refractivity contribution in [1.29, 1.82) is 0 Å². The van der Waals surface area contributed by atoms with Crippen molar-refractivity contribution in [3.05, 3.63) is 51.0 Å². The molecule has 1 heterocycles. The van der Waals surface area contributed by atoms with Crippen molar-refractivity contribution in [3.63, 3.8) is 0 Å². The minimum atomic E-state index is 0.371. The van der Waals surface area contributed by atoms with Gasteiger partial charge in [-0.05, 0) is 40.1 Å². The molecule has 1 N–H and O–H groups in total. The Bertz CT molecular complexity index is 568.